The van der Waals surface area contributed by atoms with E-state index < -0.39 is 16.7 Å². The van der Waals surface area contributed by atoms with Crippen molar-refractivity contribution in [2.75, 3.05) is 5.32 Å². The number of nitrogens with one attached hydrogen (secondary N) is 1. The van der Waals surface area contributed by atoms with Crippen LogP contribution in [0.15, 0.2) is 46.3 Å². The molecule has 3 rings (SSSR count). The summed E-state index contributed by atoms with van der Waals surface area (Å²) in [5.74, 6) is -1.60. The van der Waals surface area contributed by atoms with Gasteiger partial charge in [-0.15, -0.1) is 11.3 Å². The first kappa shape index (κ1) is 16.3. The van der Waals surface area contributed by atoms with Crippen molar-refractivity contribution in [3.05, 3.63) is 63.0 Å². The van der Waals surface area contributed by atoms with Crippen molar-refractivity contribution in [1.29, 1.82) is 0 Å². The Kier molecular flexibility index (Phi) is 4.27. The second kappa shape index (κ2) is 6.53. The maximum absolute atomic E-state index is 12.2. The van der Waals surface area contributed by atoms with E-state index >= 15 is 0 Å². The zero-order chi connectivity index (χ0) is 18.0. The second-order valence-corrected chi connectivity index (χ2v) is 5.78. The van der Waals surface area contributed by atoms with Crippen LogP contribution in [0.3, 0.4) is 0 Å². The number of rotatable bonds is 5. The fourth-order valence-corrected chi connectivity index (χ4v) is 2.81. The average Bonchev–Trinajstić information content (AvgIpc) is 3.23. The van der Waals surface area contributed by atoms with Crippen LogP contribution in [0.2, 0.25) is 0 Å². The monoisotopic (exact) mass is 358 g/mol. The highest BCUT2D eigenvalue weighted by Crippen LogP contribution is 2.31. The van der Waals surface area contributed by atoms with E-state index in [0.717, 1.165) is 0 Å². The van der Waals surface area contributed by atoms with Gasteiger partial charge in [-0.3, -0.25) is 25.0 Å². The van der Waals surface area contributed by atoms with Gasteiger partial charge in [-0.2, -0.15) is 0 Å². The number of anilines is 1. The van der Waals surface area contributed by atoms with Gasteiger partial charge in [0, 0.05) is 17.7 Å². The standard InChI is InChI=1S/C15H10N4O5S/c16-13(20)11-12(10-2-1-7-25-10)18-24-15(11)17-14(21)8-3-5-9(6-4-8)19(22)23/h1-7H,(H2,16,20)(H,17,21). The summed E-state index contributed by atoms with van der Waals surface area (Å²) >= 11 is 1.33. The lowest BCUT2D eigenvalue weighted by atomic mass is 10.1. The van der Waals surface area contributed by atoms with Crippen molar-refractivity contribution in [1.82, 2.24) is 5.16 Å². The van der Waals surface area contributed by atoms with E-state index in [-0.39, 0.29) is 28.4 Å². The minimum Gasteiger partial charge on any atom is -0.365 e. The van der Waals surface area contributed by atoms with Gasteiger partial charge >= 0.3 is 0 Å². The number of carbonyl (C=O) groups is 2. The van der Waals surface area contributed by atoms with Crippen LogP contribution in [-0.4, -0.2) is 21.9 Å². The van der Waals surface area contributed by atoms with Crippen molar-refractivity contribution >= 4 is 34.7 Å². The number of thiophene rings is 1. The third-order valence-corrected chi connectivity index (χ3v) is 4.14. The van der Waals surface area contributed by atoms with Crippen molar-refractivity contribution in [2.45, 2.75) is 0 Å². The Bertz CT molecular complexity index is 947. The van der Waals surface area contributed by atoms with Gasteiger partial charge in [0.25, 0.3) is 17.5 Å². The summed E-state index contributed by atoms with van der Waals surface area (Å²) < 4.78 is 5.05. The Hall–Kier alpha value is -3.53. The van der Waals surface area contributed by atoms with Gasteiger partial charge in [0.2, 0.25) is 5.88 Å². The predicted molar refractivity (Wildman–Crippen MR) is 89.4 cm³/mol. The van der Waals surface area contributed by atoms with E-state index in [4.69, 9.17) is 10.3 Å². The van der Waals surface area contributed by atoms with Gasteiger partial charge in [-0.1, -0.05) is 11.2 Å². The van der Waals surface area contributed by atoms with E-state index in [1.54, 1.807) is 17.5 Å². The maximum atomic E-state index is 12.2. The van der Waals surface area contributed by atoms with E-state index in [1.165, 1.54) is 35.6 Å². The topological polar surface area (TPSA) is 141 Å². The molecule has 1 aromatic carbocycles. The minimum atomic E-state index is -0.802. The molecule has 0 atom stereocenters. The Morgan fingerprint density at radius 2 is 1.96 bits per heavy atom. The fourth-order valence-electron chi connectivity index (χ4n) is 2.10. The van der Waals surface area contributed by atoms with Crippen LogP contribution in [0.4, 0.5) is 11.6 Å². The number of carbonyl (C=O) groups excluding carboxylic acids is 2. The van der Waals surface area contributed by atoms with Crippen molar-refractivity contribution in [3.8, 4) is 10.6 Å². The first-order valence-corrected chi connectivity index (χ1v) is 7.74. The molecule has 0 aliphatic rings. The van der Waals surface area contributed by atoms with Crippen LogP contribution in [-0.2, 0) is 0 Å². The Morgan fingerprint density at radius 1 is 1.24 bits per heavy atom. The third kappa shape index (κ3) is 3.23. The first-order chi connectivity index (χ1) is 12.0. The number of benzene rings is 1. The second-order valence-electron chi connectivity index (χ2n) is 4.83. The van der Waals surface area contributed by atoms with Gasteiger partial charge in [0.05, 0.1) is 9.80 Å². The van der Waals surface area contributed by atoms with Crippen molar-refractivity contribution in [2.24, 2.45) is 5.73 Å². The average molecular weight is 358 g/mol. The molecule has 126 valence electrons. The van der Waals surface area contributed by atoms with Crippen LogP contribution in [0, 0.1) is 10.1 Å². The lowest BCUT2D eigenvalue weighted by Crippen LogP contribution is -2.17. The molecule has 0 saturated heterocycles. The molecule has 0 aliphatic carbocycles. The summed E-state index contributed by atoms with van der Waals surface area (Å²) in [4.78, 5) is 34.7. The maximum Gasteiger partial charge on any atom is 0.269 e. The SMILES string of the molecule is NC(=O)c1c(-c2cccs2)noc1NC(=O)c1ccc([N+](=O)[O-])cc1. The molecule has 25 heavy (non-hydrogen) atoms. The van der Waals surface area contributed by atoms with Gasteiger partial charge in [0.15, 0.2) is 0 Å². The van der Waals surface area contributed by atoms with Gasteiger partial charge in [0.1, 0.15) is 11.3 Å². The molecule has 9 nitrogen and oxygen atoms in total. The number of primary amides is 1. The molecule has 2 amide bonds. The molecule has 2 heterocycles. The molecule has 0 saturated carbocycles. The molecule has 0 bridgehead atoms. The van der Waals surface area contributed by atoms with Crippen LogP contribution in [0.25, 0.3) is 10.6 Å². The van der Waals surface area contributed by atoms with E-state index in [2.05, 4.69) is 10.5 Å². The summed E-state index contributed by atoms with van der Waals surface area (Å²) in [6.07, 6.45) is 0. The molecule has 0 fully saturated rings. The lowest BCUT2D eigenvalue weighted by Gasteiger charge is -2.03. The number of hydrogen-bond donors (Lipinski definition) is 2. The summed E-state index contributed by atoms with van der Waals surface area (Å²) in [7, 11) is 0. The molecule has 0 radical (unpaired) electrons. The van der Waals surface area contributed by atoms with Crippen LogP contribution >= 0.6 is 11.3 Å². The van der Waals surface area contributed by atoms with E-state index in [0.29, 0.717) is 4.88 Å². The molecule has 0 unspecified atom stereocenters. The normalized spacial score (nSPS) is 10.4. The Labute approximate surface area is 144 Å². The number of non-ortho nitro benzene ring substituents is 1. The number of hydrogen-bond acceptors (Lipinski definition) is 7. The lowest BCUT2D eigenvalue weighted by molar-refractivity contribution is -0.384. The Balaban J connectivity index is 1.89. The molecular weight excluding hydrogens is 348 g/mol. The first-order valence-electron chi connectivity index (χ1n) is 6.86. The molecule has 3 aromatic rings. The zero-order valence-corrected chi connectivity index (χ0v) is 13.3. The smallest absolute Gasteiger partial charge is 0.269 e. The zero-order valence-electron chi connectivity index (χ0n) is 12.5. The summed E-state index contributed by atoms with van der Waals surface area (Å²) in [6, 6.07) is 8.47. The highest BCUT2D eigenvalue weighted by Gasteiger charge is 2.24. The van der Waals surface area contributed by atoms with Gasteiger partial charge < -0.3 is 10.3 Å². The predicted octanol–water partition coefficient (Wildman–Crippen LogP) is 2.66. The van der Waals surface area contributed by atoms with Gasteiger partial charge in [-0.25, -0.2) is 0 Å². The largest absolute Gasteiger partial charge is 0.365 e. The molecular formula is C15H10N4O5S. The number of amides is 2. The van der Waals surface area contributed by atoms with E-state index in [9.17, 15) is 19.7 Å². The molecule has 3 N–H and O–H groups in total. The summed E-state index contributed by atoms with van der Waals surface area (Å²) in [5, 5.41) is 18.6. The summed E-state index contributed by atoms with van der Waals surface area (Å²) in [6.45, 7) is 0. The number of nitrogens with zero attached hydrogens (tertiary/aromatic N) is 2. The quantitative estimate of drug-likeness (QED) is 0.530. The van der Waals surface area contributed by atoms with Crippen molar-refractivity contribution in [3.63, 3.8) is 0 Å². The van der Waals surface area contributed by atoms with E-state index in [1.807, 2.05) is 0 Å². The van der Waals surface area contributed by atoms with Crippen LogP contribution in [0.1, 0.15) is 20.7 Å². The summed E-state index contributed by atoms with van der Waals surface area (Å²) in [5.41, 5.74) is 5.57. The molecule has 10 heteroatoms. The number of nitrogens with two attached hydrogens (primary N) is 1. The Morgan fingerprint density at radius 3 is 2.52 bits per heavy atom. The number of nitro benzene ring substituents is 1. The minimum absolute atomic E-state index is 0.0438. The highest BCUT2D eigenvalue weighted by atomic mass is 32.1. The number of nitro groups is 1. The van der Waals surface area contributed by atoms with Crippen molar-refractivity contribution < 1.29 is 19.0 Å². The molecule has 2 aromatic heterocycles. The third-order valence-electron chi connectivity index (χ3n) is 3.26. The van der Waals surface area contributed by atoms with Crippen LogP contribution < -0.4 is 11.1 Å². The fraction of sp³-hybridized carbons (Fsp3) is 0. The number of aromatic nitrogens is 1. The molecule has 0 spiro atoms. The van der Waals surface area contributed by atoms with Gasteiger partial charge in [-0.05, 0) is 23.6 Å². The van der Waals surface area contributed by atoms with Crippen LogP contribution in [0.5, 0.6) is 0 Å². The molecule has 0 aliphatic heterocycles. The highest BCUT2D eigenvalue weighted by molar-refractivity contribution is 7.13.